The fourth-order valence-corrected chi connectivity index (χ4v) is 9.59. The van der Waals surface area contributed by atoms with Crippen molar-refractivity contribution >= 4 is 56.4 Å². The monoisotopic (exact) mass is 750 g/mol. The molecule has 0 spiro atoms. The molecule has 3 N–H and O–H groups in total. The zero-order chi connectivity index (χ0) is 36.8. The molecule has 278 valence electrons. The number of anilines is 1. The van der Waals surface area contributed by atoms with Crippen molar-refractivity contribution < 1.29 is 32.3 Å². The SMILES string of the molecule is C=C[C@@H]1C[C@]1(NC(=O)[C@@H]1C[C@@H]2CN1C(=O)[C@H]([C@@H](C)CC)Nc1nc(cs1)CCCC=Cc1cccc3c1CN(C3)C(=O)O2)C(=O)NS(=O)(=O)C1CC1. The molecule has 7 rings (SSSR count). The van der Waals surface area contributed by atoms with Crippen LogP contribution >= 0.6 is 11.3 Å². The molecule has 3 aliphatic heterocycles. The second-order valence-electron chi connectivity index (χ2n) is 14.7. The highest BCUT2D eigenvalue weighted by atomic mass is 32.2. The first-order chi connectivity index (χ1) is 24.9. The minimum atomic E-state index is -3.88. The lowest BCUT2D eigenvalue weighted by Gasteiger charge is -2.32. The summed E-state index contributed by atoms with van der Waals surface area (Å²) in [5, 5.41) is 8.13. The summed E-state index contributed by atoms with van der Waals surface area (Å²) < 4.78 is 33.6. The number of fused-ring (bicyclic) bond motifs is 5. The van der Waals surface area contributed by atoms with E-state index in [9.17, 15) is 27.6 Å². The molecule has 6 atom stereocenters. The Morgan fingerprint density at radius 2 is 2.06 bits per heavy atom. The molecular weight excluding hydrogens is 705 g/mol. The van der Waals surface area contributed by atoms with E-state index in [0.717, 1.165) is 41.6 Å². The van der Waals surface area contributed by atoms with Crippen LogP contribution in [0.1, 0.15) is 81.2 Å². The molecule has 2 saturated carbocycles. The molecule has 1 saturated heterocycles. The van der Waals surface area contributed by atoms with Crippen LogP contribution in [0.4, 0.5) is 9.93 Å². The summed E-state index contributed by atoms with van der Waals surface area (Å²) in [5.74, 6) is -2.44. The highest BCUT2D eigenvalue weighted by molar-refractivity contribution is 7.91. The first-order valence-electron chi connectivity index (χ1n) is 18.2. The second-order valence-corrected chi connectivity index (χ2v) is 17.5. The van der Waals surface area contributed by atoms with Crippen LogP contribution in [-0.4, -0.2) is 82.5 Å². The first-order valence-corrected chi connectivity index (χ1v) is 20.6. The van der Waals surface area contributed by atoms with Crippen molar-refractivity contribution in [2.45, 2.75) is 107 Å². The van der Waals surface area contributed by atoms with E-state index in [2.05, 4.69) is 34.1 Å². The minimum Gasteiger partial charge on any atom is -0.444 e. The molecular formula is C37H46N6O7S2. The van der Waals surface area contributed by atoms with E-state index in [4.69, 9.17) is 9.72 Å². The molecule has 15 heteroatoms. The molecule has 1 aromatic carbocycles. The van der Waals surface area contributed by atoms with Crippen molar-refractivity contribution in [3.8, 4) is 0 Å². The van der Waals surface area contributed by atoms with E-state index in [0.29, 0.717) is 37.5 Å². The van der Waals surface area contributed by atoms with E-state index in [1.807, 2.05) is 37.4 Å². The van der Waals surface area contributed by atoms with E-state index in [1.54, 1.807) is 4.90 Å². The maximum absolute atomic E-state index is 14.6. The van der Waals surface area contributed by atoms with Crippen molar-refractivity contribution in [3.63, 3.8) is 0 Å². The number of carbonyl (C=O) groups is 4. The normalized spacial score (nSPS) is 28.0. The summed E-state index contributed by atoms with van der Waals surface area (Å²) >= 11 is 1.42. The summed E-state index contributed by atoms with van der Waals surface area (Å²) in [6, 6.07) is 4.19. The number of carbonyl (C=O) groups excluding carboxylic acids is 4. The van der Waals surface area contributed by atoms with Crippen LogP contribution in [-0.2, 0) is 48.7 Å². The van der Waals surface area contributed by atoms with Gasteiger partial charge in [-0.2, -0.15) is 0 Å². The van der Waals surface area contributed by atoms with E-state index in [1.165, 1.54) is 22.3 Å². The van der Waals surface area contributed by atoms with Gasteiger partial charge in [-0.15, -0.1) is 17.9 Å². The van der Waals surface area contributed by atoms with Gasteiger partial charge in [0.15, 0.2) is 5.13 Å². The zero-order valence-electron chi connectivity index (χ0n) is 29.5. The lowest BCUT2D eigenvalue weighted by atomic mass is 9.97. The van der Waals surface area contributed by atoms with Gasteiger partial charge in [0, 0.05) is 24.3 Å². The van der Waals surface area contributed by atoms with E-state index in [-0.39, 0.29) is 31.2 Å². The van der Waals surface area contributed by atoms with Crippen molar-refractivity contribution in [2.24, 2.45) is 11.8 Å². The van der Waals surface area contributed by atoms with Crippen LogP contribution in [0.3, 0.4) is 0 Å². The number of sulfonamides is 1. The molecule has 6 bridgehead atoms. The second kappa shape index (κ2) is 14.3. The van der Waals surface area contributed by atoms with Gasteiger partial charge in [-0.3, -0.25) is 24.0 Å². The predicted molar refractivity (Wildman–Crippen MR) is 196 cm³/mol. The highest BCUT2D eigenvalue weighted by Crippen LogP contribution is 2.45. The number of amides is 4. The van der Waals surface area contributed by atoms with Gasteiger partial charge in [-0.1, -0.05) is 56.7 Å². The van der Waals surface area contributed by atoms with Crippen LogP contribution in [0.25, 0.3) is 6.08 Å². The molecule has 3 fully saturated rings. The van der Waals surface area contributed by atoms with Crippen LogP contribution in [0, 0.1) is 11.8 Å². The Balaban J connectivity index is 1.18. The Morgan fingerprint density at radius 1 is 1.25 bits per heavy atom. The number of thiazole rings is 1. The number of aromatic nitrogens is 1. The molecule has 0 radical (unpaired) electrons. The van der Waals surface area contributed by atoms with Crippen molar-refractivity contribution in [3.05, 3.63) is 64.7 Å². The van der Waals surface area contributed by atoms with Crippen LogP contribution in [0.15, 0.2) is 42.3 Å². The van der Waals surface area contributed by atoms with E-state index < -0.39 is 62.8 Å². The maximum atomic E-state index is 14.6. The topological polar surface area (TPSA) is 167 Å². The van der Waals surface area contributed by atoms with Gasteiger partial charge in [0.25, 0.3) is 5.91 Å². The molecule has 13 nitrogen and oxygen atoms in total. The molecule has 4 amide bonds. The Kier molecular flexibility index (Phi) is 9.93. The van der Waals surface area contributed by atoms with Crippen molar-refractivity contribution in [1.82, 2.24) is 24.8 Å². The van der Waals surface area contributed by atoms with Gasteiger partial charge in [-0.25, -0.2) is 18.2 Å². The van der Waals surface area contributed by atoms with Crippen molar-refractivity contribution in [1.29, 1.82) is 0 Å². The Morgan fingerprint density at radius 3 is 2.79 bits per heavy atom. The number of nitrogens with one attached hydrogen (secondary N) is 3. The summed E-state index contributed by atoms with van der Waals surface area (Å²) in [4.78, 5) is 63.8. The smallest absolute Gasteiger partial charge is 0.410 e. The molecule has 2 aromatic rings. The van der Waals surface area contributed by atoms with Crippen LogP contribution in [0.2, 0.25) is 0 Å². The maximum Gasteiger partial charge on any atom is 0.410 e. The Labute approximate surface area is 308 Å². The van der Waals surface area contributed by atoms with Gasteiger partial charge in [0.2, 0.25) is 21.8 Å². The van der Waals surface area contributed by atoms with Gasteiger partial charge < -0.3 is 20.3 Å². The van der Waals surface area contributed by atoms with E-state index >= 15 is 0 Å². The average molecular weight is 751 g/mol. The van der Waals surface area contributed by atoms with Gasteiger partial charge >= 0.3 is 6.09 Å². The van der Waals surface area contributed by atoms with Gasteiger partial charge in [0.05, 0.1) is 24.0 Å². The number of aryl methyl sites for hydroxylation is 1. The zero-order valence-corrected chi connectivity index (χ0v) is 31.1. The first kappa shape index (κ1) is 36.1. The number of nitrogens with zero attached hydrogens (tertiary/aromatic N) is 3. The van der Waals surface area contributed by atoms with Gasteiger partial charge in [0.1, 0.15) is 23.7 Å². The third-order valence-electron chi connectivity index (χ3n) is 11.1. The highest BCUT2D eigenvalue weighted by Gasteiger charge is 2.62. The largest absolute Gasteiger partial charge is 0.444 e. The molecule has 0 unspecified atom stereocenters. The third-order valence-corrected chi connectivity index (χ3v) is 13.7. The summed E-state index contributed by atoms with van der Waals surface area (Å²) in [6.07, 6.45) is 8.73. The number of allylic oxidation sites excluding steroid dienone is 1. The molecule has 5 aliphatic rings. The molecule has 2 aliphatic carbocycles. The average Bonchev–Trinajstić information content (AvgIpc) is 3.94. The number of rotatable bonds is 8. The number of benzene rings is 1. The lowest BCUT2D eigenvalue weighted by Crippen LogP contribution is -2.58. The fraction of sp³-hybridized carbons (Fsp3) is 0.541. The standard InChI is InChI=1S/C37H46N6O7S2/c1-4-22(3)31-33(45)43-19-27(16-30(43)32(44)40-37(17-25(37)5-2)34(46)41-52(48,49)28-14-15-28)50-36(47)42-18-24-12-9-11-23(29(24)20-42)10-7-6-8-13-26-21-51-35(38-26)39-31/h5,7,9-12,21-22,25,27-28,30-31H,2,4,6,8,13-20H2,1,3H3,(H,38,39)(H,40,44)(H,41,46)/t22-,25+,27+,30-,31-,37+/m0/s1. The number of hydrogen-bond donors (Lipinski definition) is 3. The number of ether oxygens (including phenoxy) is 1. The van der Waals surface area contributed by atoms with Gasteiger partial charge in [-0.05, 0) is 61.1 Å². The fourth-order valence-electron chi connectivity index (χ4n) is 7.44. The Bertz CT molecular complexity index is 1910. The molecule has 1 aromatic heterocycles. The van der Waals surface area contributed by atoms with Crippen molar-refractivity contribution in [2.75, 3.05) is 11.9 Å². The minimum absolute atomic E-state index is 0.00352. The number of hydrogen-bond acceptors (Lipinski definition) is 10. The predicted octanol–water partition coefficient (Wildman–Crippen LogP) is 4.11. The van der Waals surface area contributed by atoms with Crippen LogP contribution < -0.4 is 15.4 Å². The third kappa shape index (κ3) is 7.21. The Hall–Kier alpha value is -4.24. The molecule has 4 heterocycles. The lowest BCUT2D eigenvalue weighted by molar-refractivity contribution is -0.141. The molecule has 52 heavy (non-hydrogen) atoms. The summed E-state index contributed by atoms with van der Waals surface area (Å²) in [7, 11) is -3.88. The summed E-state index contributed by atoms with van der Waals surface area (Å²) in [6.45, 7) is 8.44. The quantitative estimate of drug-likeness (QED) is 0.337. The van der Waals surface area contributed by atoms with Crippen LogP contribution in [0.5, 0.6) is 0 Å². The summed E-state index contributed by atoms with van der Waals surface area (Å²) in [5.41, 5.74) is 2.56.